The molecule has 0 fully saturated rings. The van der Waals surface area contributed by atoms with E-state index in [1.807, 2.05) is 37.9 Å². The molecule has 0 heterocycles. The van der Waals surface area contributed by atoms with Crippen LogP contribution in [-0.4, -0.2) is 37.8 Å². The zero-order chi connectivity index (χ0) is 14.6. The molecule has 5 heteroatoms. The van der Waals surface area contributed by atoms with Crippen LogP contribution in [0.25, 0.3) is 0 Å². The Balaban J connectivity index is 2.84. The van der Waals surface area contributed by atoms with Gasteiger partial charge >= 0.3 is 5.97 Å². The van der Waals surface area contributed by atoms with Crippen molar-refractivity contribution in [3.63, 3.8) is 0 Å². The number of methoxy groups -OCH3 is 1. The van der Waals surface area contributed by atoms with Gasteiger partial charge in [0.05, 0.1) is 12.8 Å². The van der Waals surface area contributed by atoms with E-state index in [1.165, 1.54) is 5.56 Å². The first kappa shape index (κ1) is 15.3. The van der Waals surface area contributed by atoms with Crippen LogP contribution in [0, 0.1) is 13.8 Å². The van der Waals surface area contributed by atoms with Gasteiger partial charge < -0.3 is 20.5 Å². The van der Waals surface area contributed by atoms with Crippen molar-refractivity contribution < 1.29 is 14.6 Å². The average Bonchev–Trinajstić information content (AvgIpc) is 2.37. The molecule has 19 heavy (non-hydrogen) atoms. The molecule has 5 nitrogen and oxygen atoms in total. The topological polar surface area (TPSA) is 75.8 Å². The molecule has 0 aromatic heterocycles. The van der Waals surface area contributed by atoms with Crippen LogP contribution in [0.4, 0.5) is 5.69 Å². The monoisotopic (exact) mass is 266 g/mol. The first-order valence-electron chi connectivity index (χ1n) is 6.21. The van der Waals surface area contributed by atoms with E-state index in [0.29, 0.717) is 13.0 Å². The molecular formula is C14H22N2O3. The zero-order valence-electron chi connectivity index (χ0n) is 11.9. The quantitative estimate of drug-likeness (QED) is 0.817. The maximum Gasteiger partial charge on any atom is 0.320 e. The summed E-state index contributed by atoms with van der Waals surface area (Å²) in [5, 5.41) is 8.78. The lowest BCUT2D eigenvalue weighted by Gasteiger charge is -2.23. The number of nitrogens with two attached hydrogens (primary N) is 1. The molecule has 1 unspecified atom stereocenters. The van der Waals surface area contributed by atoms with Gasteiger partial charge in [0.15, 0.2) is 0 Å². The highest BCUT2D eigenvalue weighted by atomic mass is 16.5. The summed E-state index contributed by atoms with van der Waals surface area (Å²) in [6.07, 6.45) is 0.391. The molecule has 0 radical (unpaired) electrons. The first-order chi connectivity index (χ1) is 8.86. The van der Waals surface area contributed by atoms with E-state index in [-0.39, 0.29) is 0 Å². The van der Waals surface area contributed by atoms with Crippen LogP contribution in [0.2, 0.25) is 0 Å². The van der Waals surface area contributed by atoms with Crippen LogP contribution in [0.1, 0.15) is 17.5 Å². The van der Waals surface area contributed by atoms with E-state index in [2.05, 4.69) is 0 Å². The Kier molecular flexibility index (Phi) is 5.18. The smallest absolute Gasteiger partial charge is 0.320 e. The Morgan fingerprint density at radius 3 is 2.53 bits per heavy atom. The number of benzene rings is 1. The molecule has 0 aliphatic rings. The van der Waals surface area contributed by atoms with Gasteiger partial charge in [-0.3, -0.25) is 4.79 Å². The SMILES string of the molecule is COc1cc(C)c(C)cc1N(C)CCC(N)C(=O)O. The molecule has 3 N–H and O–H groups in total. The van der Waals surface area contributed by atoms with Gasteiger partial charge in [-0.1, -0.05) is 0 Å². The van der Waals surface area contributed by atoms with Crippen molar-refractivity contribution in [1.29, 1.82) is 0 Å². The van der Waals surface area contributed by atoms with Crippen molar-refractivity contribution >= 4 is 11.7 Å². The predicted molar refractivity (Wildman–Crippen MR) is 76.0 cm³/mol. The summed E-state index contributed by atoms with van der Waals surface area (Å²) in [7, 11) is 3.53. The number of hydrogen-bond acceptors (Lipinski definition) is 4. The van der Waals surface area contributed by atoms with E-state index < -0.39 is 12.0 Å². The van der Waals surface area contributed by atoms with E-state index in [4.69, 9.17) is 15.6 Å². The van der Waals surface area contributed by atoms with Gasteiger partial charge in [0.25, 0.3) is 0 Å². The number of aryl methyl sites for hydroxylation is 2. The fourth-order valence-electron chi connectivity index (χ4n) is 1.81. The lowest BCUT2D eigenvalue weighted by atomic mass is 10.1. The van der Waals surface area contributed by atoms with Gasteiger partial charge in [-0.15, -0.1) is 0 Å². The van der Waals surface area contributed by atoms with Gasteiger partial charge in [-0.05, 0) is 43.5 Å². The summed E-state index contributed by atoms with van der Waals surface area (Å²) >= 11 is 0. The number of aliphatic carboxylic acids is 1. The summed E-state index contributed by atoms with van der Waals surface area (Å²) in [4.78, 5) is 12.7. The Bertz CT molecular complexity index is 460. The Labute approximate surface area is 114 Å². The predicted octanol–water partition coefficient (Wildman–Crippen LogP) is 1.55. The lowest BCUT2D eigenvalue weighted by molar-refractivity contribution is -0.138. The Hall–Kier alpha value is -1.75. The summed E-state index contributed by atoms with van der Waals surface area (Å²) < 4.78 is 5.37. The molecule has 0 saturated carbocycles. The summed E-state index contributed by atoms with van der Waals surface area (Å²) in [6.45, 7) is 4.63. The fraction of sp³-hybridized carbons (Fsp3) is 0.500. The number of anilines is 1. The third kappa shape index (κ3) is 3.86. The molecule has 0 aliphatic carbocycles. The Morgan fingerprint density at radius 1 is 1.42 bits per heavy atom. The zero-order valence-corrected chi connectivity index (χ0v) is 11.9. The molecule has 106 valence electrons. The van der Waals surface area contributed by atoms with Gasteiger partial charge in [0.1, 0.15) is 11.8 Å². The number of carboxylic acids is 1. The molecule has 1 atom stereocenters. The third-order valence-electron chi connectivity index (χ3n) is 3.30. The second-order valence-electron chi connectivity index (χ2n) is 4.76. The van der Waals surface area contributed by atoms with E-state index in [1.54, 1.807) is 7.11 Å². The van der Waals surface area contributed by atoms with Gasteiger partial charge in [0.2, 0.25) is 0 Å². The van der Waals surface area contributed by atoms with Crippen LogP contribution in [0.3, 0.4) is 0 Å². The highest BCUT2D eigenvalue weighted by Crippen LogP contribution is 2.30. The van der Waals surface area contributed by atoms with Crippen molar-refractivity contribution in [1.82, 2.24) is 0 Å². The molecule has 1 rings (SSSR count). The van der Waals surface area contributed by atoms with Gasteiger partial charge in [-0.25, -0.2) is 0 Å². The number of rotatable bonds is 6. The minimum atomic E-state index is -0.972. The summed E-state index contributed by atoms with van der Waals surface area (Å²) in [5.74, 6) is -0.185. The molecule has 0 saturated heterocycles. The Morgan fingerprint density at radius 2 is 2.00 bits per heavy atom. The minimum absolute atomic E-state index is 0.391. The number of hydrogen-bond donors (Lipinski definition) is 2. The second kappa shape index (κ2) is 6.43. The minimum Gasteiger partial charge on any atom is -0.495 e. The van der Waals surface area contributed by atoms with Crippen LogP contribution in [0.15, 0.2) is 12.1 Å². The number of ether oxygens (including phenoxy) is 1. The maximum absolute atomic E-state index is 10.7. The standard InChI is InChI=1S/C14H22N2O3/c1-9-7-12(13(19-4)8-10(9)2)16(3)6-5-11(15)14(17)18/h7-8,11H,5-6,15H2,1-4H3,(H,17,18). The van der Waals surface area contributed by atoms with E-state index in [9.17, 15) is 4.79 Å². The average molecular weight is 266 g/mol. The third-order valence-corrected chi connectivity index (χ3v) is 3.30. The summed E-state index contributed by atoms with van der Waals surface area (Å²) in [5.41, 5.74) is 8.79. The number of nitrogens with zero attached hydrogens (tertiary/aromatic N) is 1. The van der Waals surface area contributed by atoms with Crippen molar-refractivity contribution in [2.75, 3.05) is 25.6 Å². The van der Waals surface area contributed by atoms with Crippen molar-refractivity contribution in [3.8, 4) is 5.75 Å². The van der Waals surface area contributed by atoms with Gasteiger partial charge in [0, 0.05) is 13.6 Å². The molecule has 1 aromatic carbocycles. The largest absolute Gasteiger partial charge is 0.495 e. The van der Waals surface area contributed by atoms with Crippen molar-refractivity contribution in [2.24, 2.45) is 5.73 Å². The first-order valence-corrected chi connectivity index (χ1v) is 6.21. The molecule has 1 aromatic rings. The van der Waals surface area contributed by atoms with Crippen LogP contribution in [0.5, 0.6) is 5.75 Å². The highest BCUT2D eigenvalue weighted by molar-refractivity contribution is 5.73. The normalized spacial score (nSPS) is 12.1. The highest BCUT2D eigenvalue weighted by Gasteiger charge is 2.15. The molecule has 0 bridgehead atoms. The van der Waals surface area contributed by atoms with Crippen LogP contribution in [-0.2, 0) is 4.79 Å². The van der Waals surface area contributed by atoms with Crippen molar-refractivity contribution in [2.45, 2.75) is 26.3 Å². The van der Waals surface area contributed by atoms with Gasteiger partial charge in [-0.2, -0.15) is 0 Å². The molecule has 0 amide bonds. The second-order valence-corrected chi connectivity index (χ2v) is 4.76. The fourth-order valence-corrected chi connectivity index (χ4v) is 1.81. The van der Waals surface area contributed by atoms with Crippen LogP contribution < -0.4 is 15.4 Å². The molecular weight excluding hydrogens is 244 g/mol. The molecule has 0 aliphatic heterocycles. The number of carbonyl (C=O) groups is 1. The van der Waals surface area contributed by atoms with E-state index >= 15 is 0 Å². The lowest BCUT2D eigenvalue weighted by Crippen LogP contribution is -2.34. The van der Waals surface area contributed by atoms with Crippen molar-refractivity contribution in [3.05, 3.63) is 23.3 Å². The molecule has 0 spiro atoms. The summed E-state index contributed by atoms with van der Waals surface area (Å²) in [6, 6.07) is 3.19. The maximum atomic E-state index is 10.7. The number of carboxylic acid groups (broad SMARTS) is 1. The van der Waals surface area contributed by atoms with E-state index in [0.717, 1.165) is 17.0 Å². The van der Waals surface area contributed by atoms with Crippen LogP contribution >= 0.6 is 0 Å².